The standard InChI is InChI=1S/C25H41N5O7/c1-4-14(2)20(27)24(35)29-19(13-16-8-10-17(32)11-9-16)23(34)28-18(7-5-6-12-26)22(33)30-21(15(3)31)25(36)37/h8-11,14-15,18-21,31-32H,4-7,12-13,26-27H2,1-3H3,(H,28,34)(H,29,35)(H,30,33)(H,36,37). The number of carbonyl (C=O) groups excluding carboxylic acids is 3. The molecule has 0 heterocycles. The number of amides is 3. The van der Waals surface area contributed by atoms with Gasteiger partial charge in [0, 0.05) is 6.42 Å². The molecule has 0 aliphatic rings. The highest BCUT2D eigenvalue weighted by atomic mass is 16.4. The number of aliphatic hydroxyl groups excluding tert-OH is 1. The molecule has 0 aliphatic carbocycles. The zero-order valence-corrected chi connectivity index (χ0v) is 21.6. The van der Waals surface area contributed by atoms with Crippen LogP contribution in [0, 0.1) is 5.92 Å². The third-order valence-electron chi connectivity index (χ3n) is 6.20. The number of phenolic OH excluding ortho intramolecular Hbond substituents is 1. The second-order valence-electron chi connectivity index (χ2n) is 9.25. The Labute approximate surface area is 217 Å². The molecule has 6 atom stereocenters. The molecule has 0 saturated carbocycles. The van der Waals surface area contributed by atoms with Crippen LogP contribution >= 0.6 is 0 Å². The lowest BCUT2D eigenvalue weighted by Crippen LogP contribution is -2.59. The van der Waals surface area contributed by atoms with E-state index >= 15 is 0 Å². The van der Waals surface area contributed by atoms with E-state index in [1.165, 1.54) is 19.1 Å². The van der Waals surface area contributed by atoms with Crippen LogP contribution in [0.5, 0.6) is 5.75 Å². The Balaban J connectivity index is 3.16. The highest BCUT2D eigenvalue weighted by Crippen LogP contribution is 2.13. The number of nitrogens with one attached hydrogen (secondary N) is 3. The first kappa shape index (κ1) is 31.8. The third-order valence-corrected chi connectivity index (χ3v) is 6.20. The lowest BCUT2D eigenvalue weighted by atomic mass is 9.98. The van der Waals surface area contributed by atoms with E-state index in [9.17, 15) is 34.5 Å². The fraction of sp³-hybridized carbons (Fsp3) is 0.600. The van der Waals surface area contributed by atoms with Gasteiger partial charge in [0.05, 0.1) is 12.1 Å². The normalized spacial score (nSPS) is 15.9. The fourth-order valence-electron chi connectivity index (χ4n) is 3.53. The van der Waals surface area contributed by atoms with Gasteiger partial charge in [-0.2, -0.15) is 0 Å². The van der Waals surface area contributed by atoms with Gasteiger partial charge in [-0.1, -0.05) is 32.4 Å². The highest BCUT2D eigenvalue weighted by Gasteiger charge is 2.32. The number of aliphatic carboxylic acids is 1. The Morgan fingerprint density at radius 1 is 0.919 bits per heavy atom. The lowest BCUT2D eigenvalue weighted by molar-refractivity contribution is -0.145. The van der Waals surface area contributed by atoms with Crippen molar-refractivity contribution in [1.29, 1.82) is 0 Å². The molecular formula is C25H41N5O7. The molecule has 0 fully saturated rings. The molecule has 1 rings (SSSR count). The predicted octanol–water partition coefficient (Wildman–Crippen LogP) is -0.643. The van der Waals surface area contributed by atoms with Gasteiger partial charge in [-0.15, -0.1) is 0 Å². The molecule has 0 saturated heterocycles. The number of aliphatic hydroxyl groups is 1. The van der Waals surface area contributed by atoms with E-state index in [0.717, 1.165) is 0 Å². The summed E-state index contributed by atoms with van der Waals surface area (Å²) in [7, 11) is 0. The van der Waals surface area contributed by atoms with Crippen molar-refractivity contribution in [2.45, 2.75) is 83.1 Å². The lowest BCUT2D eigenvalue weighted by Gasteiger charge is -2.26. The van der Waals surface area contributed by atoms with Crippen LogP contribution in [0.1, 0.15) is 52.0 Å². The number of nitrogens with two attached hydrogens (primary N) is 2. The number of hydrogen-bond donors (Lipinski definition) is 8. The largest absolute Gasteiger partial charge is 0.508 e. The Morgan fingerprint density at radius 2 is 1.49 bits per heavy atom. The zero-order chi connectivity index (χ0) is 28.1. The van der Waals surface area contributed by atoms with Crippen molar-refractivity contribution in [3.05, 3.63) is 29.8 Å². The first-order valence-electron chi connectivity index (χ1n) is 12.5. The van der Waals surface area contributed by atoms with Crippen molar-refractivity contribution in [2.75, 3.05) is 6.54 Å². The summed E-state index contributed by atoms with van der Waals surface area (Å²) in [5.41, 5.74) is 12.2. The molecule has 0 aliphatic heterocycles. The molecule has 0 radical (unpaired) electrons. The summed E-state index contributed by atoms with van der Waals surface area (Å²) in [4.78, 5) is 50.4. The summed E-state index contributed by atoms with van der Waals surface area (Å²) >= 11 is 0. The van der Waals surface area contributed by atoms with E-state index in [1.54, 1.807) is 12.1 Å². The maximum absolute atomic E-state index is 13.3. The summed E-state index contributed by atoms with van der Waals surface area (Å²) in [5, 5.41) is 36.1. The number of rotatable bonds is 16. The van der Waals surface area contributed by atoms with Gasteiger partial charge in [-0.3, -0.25) is 14.4 Å². The van der Waals surface area contributed by atoms with Crippen LogP contribution in [0.3, 0.4) is 0 Å². The van der Waals surface area contributed by atoms with Crippen molar-refractivity contribution in [3.63, 3.8) is 0 Å². The van der Waals surface area contributed by atoms with Crippen molar-refractivity contribution in [2.24, 2.45) is 17.4 Å². The minimum absolute atomic E-state index is 0.0373. The number of carboxylic acids is 1. The number of carbonyl (C=O) groups is 4. The summed E-state index contributed by atoms with van der Waals surface area (Å²) in [6.45, 7) is 5.30. The molecule has 208 valence electrons. The monoisotopic (exact) mass is 523 g/mol. The van der Waals surface area contributed by atoms with E-state index in [1.807, 2.05) is 13.8 Å². The summed E-state index contributed by atoms with van der Waals surface area (Å²) in [6, 6.07) is 1.42. The summed E-state index contributed by atoms with van der Waals surface area (Å²) in [6.07, 6.45) is 0.526. The van der Waals surface area contributed by atoms with Crippen molar-refractivity contribution in [1.82, 2.24) is 16.0 Å². The Morgan fingerprint density at radius 3 is 2.00 bits per heavy atom. The van der Waals surface area contributed by atoms with Crippen molar-refractivity contribution >= 4 is 23.7 Å². The zero-order valence-electron chi connectivity index (χ0n) is 21.6. The van der Waals surface area contributed by atoms with Crippen molar-refractivity contribution in [3.8, 4) is 5.75 Å². The number of aromatic hydroxyl groups is 1. The number of unbranched alkanes of at least 4 members (excludes halogenated alkanes) is 1. The molecule has 37 heavy (non-hydrogen) atoms. The van der Waals surface area contributed by atoms with Gasteiger partial charge in [0.1, 0.15) is 17.8 Å². The van der Waals surface area contributed by atoms with Crippen LogP contribution in [-0.4, -0.2) is 75.8 Å². The molecule has 3 amide bonds. The van der Waals surface area contributed by atoms with Crippen LogP contribution in [-0.2, 0) is 25.6 Å². The van der Waals surface area contributed by atoms with Crippen LogP contribution < -0.4 is 27.4 Å². The van der Waals surface area contributed by atoms with Crippen molar-refractivity contribution < 1.29 is 34.5 Å². The molecule has 12 nitrogen and oxygen atoms in total. The minimum Gasteiger partial charge on any atom is -0.508 e. The quantitative estimate of drug-likeness (QED) is 0.129. The predicted molar refractivity (Wildman–Crippen MR) is 137 cm³/mol. The average Bonchev–Trinajstić information content (AvgIpc) is 2.85. The van der Waals surface area contributed by atoms with Gasteiger partial charge in [-0.05, 0) is 56.3 Å². The number of benzene rings is 1. The third kappa shape index (κ3) is 10.7. The van der Waals surface area contributed by atoms with Gasteiger partial charge in [-0.25, -0.2) is 4.79 Å². The van der Waals surface area contributed by atoms with E-state index in [2.05, 4.69) is 16.0 Å². The van der Waals surface area contributed by atoms with Crippen LogP contribution in [0.25, 0.3) is 0 Å². The summed E-state index contributed by atoms with van der Waals surface area (Å²) in [5.74, 6) is -3.51. The van der Waals surface area contributed by atoms with Crippen LogP contribution in [0.4, 0.5) is 0 Å². The molecule has 10 N–H and O–H groups in total. The van der Waals surface area contributed by atoms with E-state index < -0.39 is 54.0 Å². The van der Waals surface area contributed by atoms with E-state index in [0.29, 0.717) is 31.4 Å². The second kappa shape index (κ2) is 15.8. The maximum Gasteiger partial charge on any atom is 0.328 e. The first-order valence-corrected chi connectivity index (χ1v) is 12.5. The van der Waals surface area contributed by atoms with Crippen LogP contribution in [0.2, 0.25) is 0 Å². The van der Waals surface area contributed by atoms with Gasteiger partial charge < -0.3 is 42.7 Å². The molecule has 0 aromatic heterocycles. The molecule has 0 spiro atoms. The SMILES string of the molecule is CCC(C)C(N)C(=O)NC(Cc1ccc(O)cc1)C(=O)NC(CCCCN)C(=O)NC(C(=O)O)C(C)O. The molecule has 1 aromatic carbocycles. The Bertz CT molecular complexity index is 894. The second-order valence-corrected chi connectivity index (χ2v) is 9.25. The number of carboxylic acid groups (broad SMARTS) is 1. The molecular weight excluding hydrogens is 482 g/mol. The van der Waals surface area contributed by atoms with Crippen LogP contribution in [0.15, 0.2) is 24.3 Å². The molecule has 1 aromatic rings. The van der Waals surface area contributed by atoms with Gasteiger partial charge >= 0.3 is 5.97 Å². The fourth-order valence-corrected chi connectivity index (χ4v) is 3.53. The average molecular weight is 524 g/mol. The Kier molecular flexibility index (Phi) is 13.6. The van der Waals surface area contributed by atoms with E-state index in [-0.39, 0.29) is 24.5 Å². The topological polar surface area (TPSA) is 217 Å². The number of phenols is 1. The minimum atomic E-state index is -1.57. The highest BCUT2D eigenvalue weighted by molar-refractivity contribution is 5.94. The molecule has 6 unspecified atom stereocenters. The first-order chi connectivity index (χ1) is 17.4. The maximum atomic E-state index is 13.3. The summed E-state index contributed by atoms with van der Waals surface area (Å²) < 4.78 is 0. The number of hydrogen-bond acceptors (Lipinski definition) is 8. The smallest absolute Gasteiger partial charge is 0.328 e. The van der Waals surface area contributed by atoms with Gasteiger partial charge in [0.15, 0.2) is 6.04 Å². The van der Waals surface area contributed by atoms with E-state index in [4.69, 9.17) is 11.5 Å². The molecule has 0 bridgehead atoms. The van der Waals surface area contributed by atoms with Gasteiger partial charge in [0.25, 0.3) is 0 Å². The van der Waals surface area contributed by atoms with Gasteiger partial charge in [0.2, 0.25) is 17.7 Å². The Hall–Kier alpha value is -3.22. The molecule has 12 heteroatoms.